The van der Waals surface area contributed by atoms with E-state index in [-0.39, 0.29) is 5.97 Å². The van der Waals surface area contributed by atoms with E-state index in [1.54, 1.807) is 18.3 Å². The highest BCUT2D eigenvalue weighted by Gasteiger charge is 2.05. The van der Waals surface area contributed by atoms with Crippen LogP contribution in [0, 0.1) is 0 Å². The third-order valence-corrected chi connectivity index (χ3v) is 4.27. The minimum Gasteiger partial charge on any atom is -0.465 e. The van der Waals surface area contributed by atoms with Crippen LogP contribution in [0.15, 0.2) is 84.2 Å². The summed E-state index contributed by atoms with van der Waals surface area (Å²) in [4.78, 5) is 20.5. The first-order valence-electron chi connectivity index (χ1n) is 8.49. The number of hydrogen-bond donors (Lipinski definition) is 0. The van der Waals surface area contributed by atoms with Crippen LogP contribution in [0.25, 0.3) is 16.6 Å². The number of esters is 1. The van der Waals surface area contributed by atoms with Crippen molar-refractivity contribution in [2.45, 2.75) is 0 Å². The molecule has 0 fully saturated rings. The lowest BCUT2D eigenvalue weighted by Gasteiger charge is -2.04. The highest BCUT2D eigenvalue weighted by atomic mass is 16.5. The topological polar surface area (TPSA) is 56.5 Å². The van der Waals surface area contributed by atoms with Gasteiger partial charge < -0.3 is 9.30 Å². The van der Waals surface area contributed by atoms with Crippen LogP contribution in [0.4, 0.5) is 5.69 Å². The molecular formula is C22H17N3O2. The molecule has 2 aromatic carbocycles. The van der Waals surface area contributed by atoms with E-state index in [0.717, 1.165) is 27.8 Å². The number of methoxy groups -OCH3 is 1. The smallest absolute Gasteiger partial charge is 0.337 e. The Labute approximate surface area is 156 Å². The van der Waals surface area contributed by atoms with E-state index in [9.17, 15) is 4.79 Å². The number of ether oxygens (including phenoxy) is 1. The van der Waals surface area contributed by atoms with Crippen LogP contribution in [-0.4, -0.2) is 28.8 Å². The first-order chi connectivity index (χ1) is 13.2. The van der Waals surface area contributed by atoms with E-state index in [1.807, 2.05) is 71.7 Å². The molecule has 27 heavy (non-hydrogen) atoms. The second kappa shape index (κ2) is 7.25. The SMILES string of the molecule is COC(=O)c1ccc(-n2ccc(C=Nc3cccc4cccnc34)c2)cc1. The molecule has 2 heterocycles. The van der Waals surface area contributed by atoms with Crippen molar-refractivity contribution in [2.75, 3.05) is 7.11 Å². The second-order valence-corrected chi connectivity index (χ2v) is 6.00. The largest absolute Gasteiger partial charge is 0.465 e. The fourth-order valence-electron chi connectivity index (χ4n) is 2.87. The molecule has 2 aromatic heterocycles. The Morgan fingerprint density at radius 2 is 1.89 bits per heavy atom. The lowest BCUT2D eigenvalue weighted by Crippen LogP contribution is -2.01. The molecule has 0 spiro atoms. The fraction of sp³-hybridized carbons (Fsp3) is 0.0455. The summed E-state index contributed by atoms with van der Waals surface area (Å²) in [6.45, 7) is 0. The van der Waals surface area contributed by atoms with E-state index >= 15 is 0 Å². The summed E-state index contributed by atoms with van der Waals surface area (Å²) in [5, 5.41) is 1.07. The van der Waals surface area contributed by atoms with E-state index in [2.05, 4.69) is 9.98 Å². The van der Waals surface area contributed by atoms with Crippen molar-refractivity contribution in [3.63, 3.8) is 0 Å². The maximum Gasteiger partial charge on any atom is 0.337 e. The summed E-state index contributed by atoms with van der Waals surface area (Å²) in [6.07, 6.45) is 7.53. The minimum absolute atomic E-state index is 0.342. The number of para-hydroxylation sites is 1. The average molecular weight is 355 g/mol. The summed E-state index contributed by atoms with van der Waals surface area (Å²) in [5.74, 6) is -0.342. The number of benzene rings is 2. The molecule has 0 saturated heterocycles. The van der Waals surface area contributed by atoms with Gasteiger partial charge in [0.1, 0.15) is 0 Å². The van der Waals surface area contributed by atoms with Gasteiger partial charge in [0.15, 0.2) is 0 Å². The van der Waals surface area contributed by atoms with Crippen LogP contribution in [0.3, 0.4) is 0 Å². The lowest BCUT2D eigenvalue weighted by molar-refractivity contribution is 0.0601. The number of rotatable bonds is 4. The number of aliphatic imine (C=N–C) groups is 1. The normalized spacial score (nSPS) is 11.1. The van der Waals surface area contributed by atoms with Crippen LogP contribution < -0.4 is 0 Å². The monoisotopic (exact) mass is 355 g/mol. The molecule has 0 amide bonds. The highest BCUT2D eigenvalue weighted by molar-refractivity contribution is 5.92. The number of hydrogen-bond acceptors (Lipinski definition) is 4. The van der Waals surface area contributed by atoms with Crippen LogP contribution in [0.1, 0.15) is 15.9 Å². The molecule has 4 aromatic rings. The maximum absolute atomic E-state index is 11.5. The van der Waals surface area contributed by atoms with Gasteiger partial charge in [-0.2, -0.15) is 0 Å². The molecule has 0 N–H and O–H groups in total. The van der Waals surface area contributed by atoms with Gasteiger partial charge in [-0.05, 0) is 42.5 Å². The molecule has 0 aliphatic heterocycles. The second-order valence-electron chi connectivity index (χ2n) is 6.00. The Balaban J connectivity index is 1.57. The maximum atomic E-state index is 11.5. The third-order valence-electron chi connectivity index (χ3n) is 4.27. The summed E-state index contributed by atoms with van der Waals surface area (Å²) in [5.41, 5.74) is 4.17. The molecule has 4 rings (SSSR count). The highest BCUT2D eigenvalue weighted by Crippen LogP contribution is 2.23. The van der Waals surface area contributed by atoms with Crippen molar-refractivity contribution in [3.8, 4) is 5.69 Å². The molecule has 0 atom stereocenters. The number of aromatic nitrogens is 2. The van der Waals surface area contributed by atoms with Crippen molar-refractivity contribution < 1.29 is 9.53 Å². The van der Waals surface area contributed by atoms with Gasteiger partial charge in [-0.25, -0.2) is 4.79 Å². The molecule has 0 unspecified atom stereocenters. The van der Waals surface area contributed by atoms with Gasteiger partial charge in [-0.1, -0.05) is 18.2 Å². The predicted octanol–water partition coefficient (Wildman–Crippen LogP) is 4.56. The molecule has 5 heteroatoms. The molecule has 132 valence electrons. The van der Waals surface area contributed by atoms with E-state index in [0.29, 0.717) is 5.56 Å². The van der Waals surface area contributed by atoms with E-state index in [4.69, 9.17) is 4.74 Å². The Morgan fingerprint density at radius 1 is 1.07 bits per heavy atom. The molecule has 0 aliphatic rings. The number of carbonyl (C=O) groups is 1. The lowest BCUT2D eigenvalue weighted by atomic mass is 10.2. The van der Waals surface area contributed by atoms with Gasteiger partial charge in [0.05, 0.1) is 23.9 Å². The quantitative estimate of drug-likeness (QED) is 0.398. The van der Waals surface area contributed by atoms with Crippen molar-refractivity contribution >= 4 is 28.8 Å². The minimum atomic E-state index is -0.342. The Hall–Kier alpha value is -3.73. The first-order valence-corrected chi connectivity index (χ1v) is 8.49. The van der Waals surface area contributed by atoms with E-state index in [1.165, 1.54) is 7.11 Å². The van der Waals surface area contributed by atoms with Gasteiger partial charge in [-0.15, -0.1) is 0 Å². The van der Waals surface area contributed by atoms with Gasteiger partial charge in [0.25, 0.3) is 0 Å². The fourth-order valence-corrected chi connectivity index (χ4v) is 2.87. The Bertz CT molecular complexity index is 1120. The van der Waals surface area contributed by atoms with Gasteiger partial charge in [0, 0.05) is 41.4 Å². The van der Waals surface area contributed by atoms with Crippen LogP contribution >= 0.6 is 0 Å². The molecule has 5 nitrogen and oxygen atoms in total. The molecule has 0 aliphatic carbocycles. The standard InChI is InChI=1S/C22H17N3O2/c1-27-22(26)18-7-9-19(10-8-18)25-13-11-16(15-25)14-24-20-6-2-4-17-5-3-12-23-21(17)20/h2-15H,1H3. The Morgan fingerprint density at radius 3 is 2.70 bits per heavy atom. The molecule has 0 radical (unpaired) electrons. The zero-order valence-corrected chi connectivity index (χ0v) is 14.7. The number of nitrogens with zero attached hydrogens (tertiary/aromatic N) is 3. The predicted molar refractivity (Wildman–Crippen MR) is 106 cm³/mol. The van der Waals surface area contributed by atoms with Crippen LogP contribution in [0.5, 0.6) is 0 Å². The van der Waals surface area contributed by atoms with Crippen molar-refractivity contribution in [2.24, 2.45) is 4.99 Å². The summed E-state index contributed by atoms with van der Waals surface area (Å²) in [6, 6.07) is 19.1. The Kier molecular flexibility index (Phi) is 4.49. The van der Waals surface area contributed by atoms with E-state index < -0.39 is 0 Å². The first kappa shape index (κ1) is 16.7. The summed E-state index contributed by atoms with van der Waals surface area (Å²) >= 11 is 0. The van der Waals surface area contributed by atoms with Gasteiger partial charge in [-0.3, -0.25) is 9.98 Å². The molecule has 0 saturated carbocycles. The summed E-state index contributed by atoms with van der Waals surface area (Å²) < 4.78 is 6.70. The van der Waals surface area contributed by atoms with Gasteiger partial charge in [0.2, 0.25) is 0 Å². The average Bonchev–Trinajstić information content (AvgIpc) is 3.21. The zero-order chi connectivity index (χ0) is 18.6. The summed E-state index contributed by atoms with van der Waals surface area (Å²) in [7, 11) is 1.37. The van der Waals surface area contributed by atoms with Crippen molar-refractivity contribution in [1.29, 1.82) is 0 Å². The van der Waals surface area contributed by atoms with Crippen LogP contribution in [-0.2, 0) is 4.74 Å². The molecule has 0 bridgehead atoms. The zero-order valence-electron chi connectivity index (χ0n) is 14.7. The number of pyridine rings is 1. The molecular weight excluding hydrogens is 338 g/mol. The van der Waals surface area contributed by atoms with Crippen molar-refractivity contribution in [1.82, 2.24) is 9.55 Å². The van der Waals surface area contributed by atoms with Crippen LogP contribution in [0.2, 0.25) is 0 Å². The number of carbonyl (C=O) groups excluding carboxylic acids is 1. The van der Waals surface area contributed by atoms with Gasteiger partial charge >= 0.3 is 5.97 Å². The number of fused-ring (bicyclic) bond motifs is 1. The third kappa shape index (κ3) is 3.48. The van der Waals surface area contributed by atoms with Crippen molar-refractivity contribution in [3.05, 3.63) is 90.4 Å².